The zero-order chi connectivity index (χ0) is 15.4. The molecular formula is C16H15N5O. The van der Waals surface area contributed by atoms with Gasteiger partial charge in [-0.3, -0.25) is 9.78 Å². The van der Waals surface area contributed by atoms with Gasteiger partial charge < -0.3 is 5.32 Å². The summed E-state index contributed by atoms with van der Waals surface area (Å²) in [6.07, 6.45) is 3.30. The molecule has 1 aromatic carbocycles. The van der Waals surface area contributed by atoms with Gasteiger partial charge in [0.25, 0.3) is 5.91 Å². The molecule has 2 aromatic heterocycles. The fourth-order valence-corrected chi connectivity index (χ4v) is 1.96. The van der Waals surface area contributed by atoms with Crippen molar-refractivity contribution in [3.8, 4) is 5.69 Å². The van der Waals surface area contributed by atoms with Gasteiger partial charge in [0.2, 0.25) is 0 Å². The Bertz CT molecular complexity index is 765. The van der Waals surface area contributed by atoms with E-state index in [9.17, 15) is 4.79 Å². The molecule has 0 saturated heterocycles. The first kappa shape index (κ1) is 13.9. The molecule has 0 atom stereocenters. The summed E-state index contributed by atoms with van der Waals surface area (Å²) in [5, 5.41) is 10.7. The molecule has 3 rings (SSSR count). The zero-order valence-electron chi connectivity index (χ0n) is 12.1. The first-order valence-electron chi connectivity index (χ1n) is 6.90. The Morgan fingerprint density at radius 2 is 2.00 bits per heavy atom. The van der Waals surface area contributed by atoms with Crippen LogP contribution in [-0.4, -0.2) is 25.9 Å². The highest BCUT2D eigenvalue weighted by Crippen LogP contribution is 2.08. The van der Waals surface area contributed by atoms with E-state index >= 15 is 0 Å². The molecule has 0 aliphatic carbocycles. The predicted molar refractivity (Wildman–Crippen MR) is 81.5 cm³/mol. The average molecular weight is 293 g/mol. The Balaban J connectivity index is 1.68. The van der Waals surface area contributed by atoms with E-state index in [0.29, 0.717) is 6.54 Å². The largest absolute Gasteiger partial charge is 0.345 e. The molecule has 1 N–H and O–H groups in total. The van der Waals surface area contributed by atoms with Crippen molar-refractivity contribution in [2.24, 2.45) is 0 Å². The first-order chi connectivity index (χ1) is 10.7. The van der Waals surface area contributed by atoms with Crippen molar-refractivity contribution in [3.05, 3.63) is 71.8 Å². The Hall–Kier alpha value is -3.02. The summed E-state index contributed by atoms with van der Waals surface area (Å²) in [7, 11) is 0. The quantitative estimate of drug-likeness (QED) is 0.797. The van der Waals surface area contributed by atoms with Gasteiger partial charge in [-0.2, -0.15) is 0 Å². The van der Waals surface area contributed by atoms with Crippen LogP contribution in [0.25, 0.3) is 5.69 Å². The highest BCUT2D eigenvalue weighted by Gasteiger charge is 2.11. The molecule has 110 valence electrons. The molecule has 6 nitrogen and oxygen atoms in total. The summed E-state index contributed by atoms with van der Waals surface area (Å²) < 4.78 is 1.58. The van der Waals surface area contributed by atoms with Crippen LogP contribution in [0.15, 0.2) is 54.9 Å². The molecule has 2 heterocycles. The minimum absolute atomic E-state index is 0.274. The third-order valence-corrected chi connectivity index (χ3v) is 3.18. The van der Waals surface area contributed by atoms with Crippen LogP contribution >= 0.6 is 0 Å². The molecule has 0 aliphatic rings. The van der Waals surface area contributed by atoms with Crippen LogP contribution in [0.5, 0.6) is 0 Å². The van der Waals surface area contributed by atoms with Crippen molar-refractivity contribution >= 4 is 5.91 Å². The lowest BCUT2D eigenvalue weighted by Crippen LogP contribution is -2.23. The molecule has 0 unspecified atom stereocenters. The number of amides is 1. The van der Waals surface area contributed by atoms with Gasteiger partial charge in [0.15, 0.2) is 5.69 Å². The highest BCUT2D eigenvalue weighted by atomic mass is 16.2. The normalized spacial score (nSPS) is 10.4. The van der Waals surface area contributed by atoms with Crippen LogP contribution in [-0.2, 0) is 6.54 Å². The second kappa shape index (κ2) is 6.17. The Kier molecular flexibility index (Phi) is 3.91. The topological polar surface area (TPSA) is 72.7 Å². The summed E-state index contributed by atoms with van der Waals surface area (Å²) >= 11 is 0. The molecule has 0 aliphatic heterocycles. The lowest BCUT2D eigenvalue weighted by Gasteiger charge is -2.02. The maximum absolute atomic E-state index is 12.1. The molecular weight excluding hydrogens is 278 g/mol. The van der Waals surface area contributed by atoms with Gasteiger partial charge in [-0.15, -0.1) is 5.10 Å². The third-order valence-electron chi connectivity index (χ3n) is 3.18. The van der Waals surface area contributed by atoms with Crippen LogP contribution in [0.1, 0.15) is 21.7 Å². The lowest BCUT2D eigenvalue weighted by atomic mass is 10.2. The fourth-order valence-electron chi connectivity index (χ4n) is 1.96. The van der Waals surface area contributed by atoms with Gasteiger partial charge >= 0.3 is 0 Å². The fraction of sp³-hybridized carbons (Fsp3) is 0.125. The number of nitrogens with one attached hydrogen (secondary N) is 1. The number of carbonyl (C=O) groups is 1. The number of rotatable bonds is 4. The standard InChI is InChI=1S/C16H15N5O/c1-12-5-7-14(8-6-12)21-11-15(19-20-21)16(22)18-10-13-4-2-3-9-17-13/h2-9,11H,10H2,1H3,(H,18,22). The monoisotopic (exact) mass is 293 g/mol. The van der Waals surface area contributed by atoms with E-state index in [4.69, 9.17) is 0 Å². The Labute approximate surface area is 127 Å². The maximum Gasteiger partial charge on any atom is 0.273 e. The molecule has 1 amide bonds. The third kappa shape index (κ3) is 3.17. The van der Waals surface area contributed by atoms with E-state index in [1.54, 1.807) is 17.1 Å². The van der Waals surface area contributed by atoms with Gasteiger partial charge in [0, 0.05) is 6.20 Å². The molecule has 22 heavy (non-hydrogen) atoms. The summed E-state index contributed by atoms with van der Waals surface area (Å²) in [6.45, 7) is 2.37. The maximum atomic E-state index is 12.1. The minimum atomic E-state index is -0.274. The number of pyridine rings is 1. The van der Waals surface area contributed by atoms with Gasteiger partial charge in [0.05, 0.1) is 24.1 Å². The van der Waals surface area contributed by atoms with Crippen molar-refractivity contribution in [1.29, 1.82) is 0 Å². The predicted octanol–water partition coefficient (Wildman–Crippen LogP) is 1.90. The van der Waals surface area contributed by atoms with Crippen LogP contribution in [0.3, 0.4) is 0 Å². The van der Waals surface area contributed by atoms with Gasteiger partial charge in [-0.05, 0) is 31.2 Å². The van der Waals surface area contributed by atoms with Crippen molar-refractivity contribution in [2.75, 3.05) is 0 Å². The number of benzene rings is 1. The van der Waals surface area contributed by atoms with E-state index in [2.05, 4.69) is 20.6 Å². The summed E-state index contributed by atoms with van der Waals surface area (Å²) in [5.41, 5.74) is 3.09. The van der Waals surface area contributed by atoms with Gasteiger partial charge in [-0.25, -0.2) is 4.68 Å². The Morgan fingerprint density at radius 3 is 2.73 bits per heavy atom. The molecule has 0 radical (unpaired) electrons. The van der Waals surface area contributed by atoms with Crippen molar-refractivity contribution in [2.45, 2.75) is 13.5 Å². The second-order valence-electron chi connectivity index (χ2n) is 4.89. The second-order valence-corrected chi connectivity index (χ2v) is 4.89. The number of hydrogen-bond donors (Lipinski definition) is 1. The van der Waals surface area contributed by atoms with Gasteiger partial charge in [0.1, 0.15) is 0 Å². The van der Waals surface area contributed by atoms with Crippen molar-refractivity contribution in [3.63, 3.8) is 0 Å². The molecule has 0 spiro atoms. The van der Waals surface area contributed by atoms with Crippen LogP contribution < -0.4 is 5.32 Å². The van der Waals surface area contributed by atoms with Gasteiger partial charge in [-0.1, -0.05) is 29.0 Å². The lowest BCUT2D eigenvalue weighted by molar-refractivity contribution is 0.0945. The summed E-state index contributed by atoms with van der Waals surface area (Å²) in [4.78, 5) is 16.2. The molecule has 0 fully saturated rings. The SMILES string of the molecule is Cc1ccc(-n2cc(C(=O)NCc3ccccn3)nn2)cc1. The summed E-state index contributed by atoms with van der Waals surface area (Å²) in [5.74, 6) is -0.274. The van der Waals surface area contributed by atoms with E-state index in [1.807, 2.05) is 49.4 Å². The number of aromatic nitrogens is 4. The zero-order valence-corrected chi connectivity index (χ0v) is 12.1. The van der Waals surface area contributed by atoms with Crippen LogP contribution in [0, 0.1) is 6.92 Å². The molecule has 3 aromatic rings. The molecule has 6 heteroatoms. The molecule has 0 saturated carbocycles. The number of hydrogen-bond acceptors (Lipinski definition) is 4. The minimum Gasteiger partial charge on any atom is -0.345 e. The Morgan fingerprint density at radius 1 is 1.18 bits per heavy atom. The molecule has 0 bridgehead atoms. The van der Waals surface area contributed by atoms with Crippen LogP contribution in [0.4, 0.5) is 0 Å². The van der Waals surface area contributed by atoms with Crippen LogP contribution in [0.2, 0.25) is 0 Å². The number of nitrogens with zero attached hydrogens (tertiary/aromatic N) is 4. The number of aryl methyl sites for hydroxylation is 1. The highest BCUT2D eigenvalue weighted by molar-refractivity contribution is 5.91. The van der Waals surface area contributed by atoms with Crippen molar-refractivity contribution < 1.29 is 4.79 Å². The average Bonchev–Trinajstić information content (AvgIpc) is 3.04. The summed E-state index contributed by atoms with van der Waals surface area (Å²) in [6, 6.07) is 13.4. The number of carbonyl (C=O) groups excluding carboxylic acids is 1. The van der Waals surface area contributed by atoms with E-state index in [-0.39, 0.29) is 11.6 Å². The van der Waals surface area contributed by atoms with E-state index < -0.39 is 0 Å². The van der Waals surface area contributed by atoms with Crippen molar-refractivity contribution in [1.82, 2.24) is 25.3 Å². The first-order valence-corrected chi connectivity index (χ1v) is 6.90. The smallest absolute Gasteiger partial charge is 0.273 e. The van der Waals surface area contributed by atoms with E-state index in [1.165, 1.54) is 0 Å². The van der Waals surface area contributed by atoms with E-state index in [0.717, 1.165) is 16.9 Å².